The molecule has 1 atom stereocenters. The van der Waals surface area contributed by atoms with Gasteiger partial charge in [-0.3, -0.25) is 9.36 Å². The largest absolute Gasteiger partial charge is 0.350 e. The van der Waals surface area contributed by atoms with Gasteiger partial charge in [0.25, 0.3) is 0 Å². The molecule has 0 saturated carbocycles. The molecule has 0 aliphatic heterocycles. The third-order valence-electron chi connectivity index (χ3n) is 4.58. The van der Waals surface area contributed by atoms with E-state index in [1.807, 2.05) is 0 Å². The molecule has 1 heterocycles. The molecule has 0 aromatic carbocycles. The van der Waals surface area contributed by atoms with E-state index in [9.17, 15) is 9.59 Å². The van der Waals surface area contributed by atoms with Crippen LogP contribution in [-0.2, 0) is 10.3 Å². The first-order valence-corrected chi connectivity index (χ1v) is 9.30. The Morgan fingerprint density at radius 2 is 1.71 bits per heavy atom. The highest BCUT2D eigenvalue weighted by atomic mass is 16.2. The van der Waals surface area contributed by atoms with Crippen molar-refractivity contribution in [2.24, 2.45) is 0 Å². The minimum absolute atomic E-state index is 0.207. The van der Waals surface area contributed by atoms with Gasteiger partial charge in [-0.1, -0.05) is 58.8 Å². The third-order valence-corrected chi connectivity index (χ3v) is 4.58. The van der Waals surface area contributed by atoms with E-state index in [1.165, 1.54) is 39.0 Å². The number of hydrogen-bond acceptors (Lipinski definition) is 3. The molecule has 24 heavy (non-hydrogen) atoms. The van der Waals surface area contributed by atoms with Gasteiger partial charge in [-0.15, -0.1) is 0 Å². The number of unbranched alkanes of at least 4 members (excludes halogenated alkanes) is 5. The van der Waals surface area contributed by atoms with Crippen molar-refractivity contribution in [1.29, 1.82) is 0 Å². The lowest BCUT2D eigenvalue weighted by Crippen LogP contribution is -2.40. The maximum atomic E-state index is 12.5. The molecule has 5 heteroatoms. The first-order chi connectivity index (χ1) is 11.4. The van der Waals surface area contributed by atoms with Crippen LogP contribution >= 0.6 is 0 Å². The lowest BCUT2D eigenvalue weighted by molar-refractivity contribution is -0.114. The van der Waals surface area contributed by atoms with Gasteiger partial charge >= 0.3 is 5.69 Å². The molecule has 136 valence electrons. The highest BCUT2D eigenvalue weighted by Gasteiger charge is 2.27. The minimum Gasteiger partial charge on any atom is -0.311 e. The molecule has 1 amide bonds. The summed E-state index contributed by atoms with van der Waals surface area (Å²) in [5, 5.41) is 2.57. The van der Waals surface area contributed by atoms with Crippen LogP contribution in [0.3, 0.4) is 0 Å². The van der Waals surface area contributed by atoms with E-state index in [0.717, 1.165) is 25.7 Å². The number of anilines is 1. The van der Waals surface area contributed by atoms with Crippen LogP contribution in [0.15, 0.2) is 17.1 Å². The maximum Gasteiger partial charge on any atom is 0.350 e. The second-order valence-electron chi connectivity index (χ2n) is 6.91. The Labute approximate surface area is 145 Å². The van der Waals surface area contributed by atoms with Crippen molar-refractivity contribution in [2.75, 3.05) is 5.32 Å². The number of rotatable bonds is 11. The molecule has 1 rings (SSSR count). The number of aromatic nitrogens is 2. The smallest absolute Gasteiger partial charge is 0.311 e. The molecule has 1 aromatic heterocycles. The summed E-state index contributed by atoms with van der Waals surface area (Å²) in [6.45, 7) is 7.97. The van der Waals surface area contributed by atoms with E-state index in [1.54, 1.807) is 16.8 Å². The van der Waals surface area contributed by atoms with Gasteiger partial charge in [-0.25, -0.2) is 4.79 Å². The average molecular weight is 335 g/mol. The zero-order valence-electron chi connectivity index (χ0n) is 15.7. The van der Waals surface area contributed by atoms with E-state index in [0.29, 0.717) is 5.82 Å². The Bertz CT molecular complexity index is 568. The summed E-state index contributed by atoms with van der Waals surface area (Å²) in [5.41, 5.74) is -0.488. The number of nitrogens with one attached hydrogen (secondary N) is 1. The number of carbonyl (C=O) groups is 1. The van der Waals surface area contributed by atoms with Gasteiger partial charge in [-0.2, -0.15) is 4.98 Å². The highest BCUT2D eigenvalue weighted by Crippen LogP contribution is 2.29. The molecule has 1 aromatic rings. The molecule has 0 saturated heterocycles. The zero-order chi connectivity index (χ0) is 18.0. The highest BCUT2D eigenvalue weighted by molar-refractivity contribution is 5.87. The van der Waals surface area contributed by atoms with Gasteiger partial charge in [0.05, 0.1) is 0 Å². The Hall–Kier alpha value is -1.65. The summed E-state index contributed by atoms with van der Waals surface area (Å²) in [4.78, 5) is 27.6. The fraction of sp³-hybridized carbons (Fsp3) is 0.737. The zero-order valence-corrected chi connectivity index (χ0v) is 15.7. The lowest BCUT2D eigenvalue weighted by Gasteiger charge is -2.32. The molecule has 0 fully saturated rings. The van der Waals surface area contributed by atoms with Crippen LogP contribution in [0.5, 0.6) is 0 Å². The Balaban J connectivity index is 2.95. The normalized spacial score (nSPS) is 13.5. The molecule has 0 bridgehead atoms. The van der Waals surface area contributed by atoms with Crippen molar-refractivity contribution in [3.05, 3.63) is 22.7 Å². The minimum atomic E-state index is -0.282. The maximum absolute atomic E-state index is 12.5. The molecular weight excluding hydrogens is 302 g/mol. The summed E-state index contributed by atoms with van der Waals surface area (Å²) < 4.78 is 1.76. The standard InChI is InChI=1S/C19H33N3O2/c1-5-7-9-11-14-19(4,13-10-8-6-2)22-15-12-17(20-16(3)23)21-18(22)24/h12,15H,5-11,13-14H2,1-4H3,(H,20,21,23,24). The Morgan fingerprint density at radius 3 is 2.25 bits per heavy atom. The van der Waals surface area contributed by atoms with Gasteiger partial charge in [0.1, 0.15) is 5.82 Å². The van der Waals surface area contributed by atoms with Gasteiger partial charge in [0, 0.05) is 18.7 Å². The molecule has 0 aliphatic carbocycles. The molecule has 0 radical (unpaired) electrons. The molecule has 1 N–H and O–H groups in total. The third kappa shape index (κ3) is 6.46. The van der Waals surface area contributed by atoms with Crippen molar-refractivity contribution in [3.8, 4) is 0 Å². The van der Waals surface area contributed by atoms with Crippen molar-refractivity contribution in [1.82, 2.24) is 9.55 Å². The van der Waals surface area contributed by atoms with E-state index in [4.69, 9.17) is 0 Å². The molecule has 0 spiro atoms. The number of amides is 1. The first kappa shape index (κ1) is 20.4. The first-order valence-electron chi connectivity index (χ1n) is 9.30. The van der Waals surface area contributed by atoms with E-state index < -0.39 is 0 Å². The Kier molecular flexibility index (Phi) is 8.72. The van der Waals surface area contributed by atoms with Crippen LogP contribution in [0.1, 0.15) is 85.5 Å². The summed E-state index contributed by atoms with van der Waals surface area (Å²) >= 11 is 0. The van der Waals surface area contributed by atoms with Crippen LogP contribution in [0.2, 0.25) is 0 Å². The van der Waals surface area contributed by atoms with Gasteiger partial charge in [0.15, 0.2) is 0 Å². The molecule has 1 unspecified atom stereocenters. The summed E-state index contributed by atoms with van der Waals surface area (Å²) in [6, 6.07) is 1.72. The molecule has 0 aliphatic rings. The van der Waals surface area contributed by atoms with Crippen LogP contribution in [-0.4, -0.2) is 15.5 Å². The van der Waals surface area contributed by atoms with Crippen LogP contribution in [0, 0.1) is 0 Å². The van der Waals surface area contributed by atoms with Gasteiger partial charge in [0.2, 0.25) is 5.91 Å². The summed E-state index contributed by atoms with van der Waals surface area (Å²) in [5.74, 6) is 0.107. The fourth-order valence-electron chi connectivity index (χ4n) is 3.12. The van der Waals surface area contributed by atoms with Crippen molar-refractivity contribution in [2.45, 2.75) is 91.0 Å². The van der Waals surface area contributed by atoms with Crippen molar-refractivity contribution in [3.63, 3.8) is 0 Å². The number of hydrogen-bond donors (Lipinski definition) is 1. The fourth-order valence-corrected chi connectivity index (χ4v) is 3.12. The predicted molar refractivity (Wildman–Crippen MR) is 99.3 cm³/mol. The SMILES string of the molecule is CCCCCCC(C)(CCCCC)n1ccc(NC(C)=O)nc1=O. The predicted octanol–water partition coefficient (Wildman–Crippen LogP) is 4.47. The molecule has 5 nitrogen and oxygen atoms in total. The summed E-state index contributed by atoms with van der Waals surface area (Å²) in [7, 11) is 0. The van der Waals surface area contributed by atoms with Crippen LogP contribution < -0.4 is 11.0 Å². The van der Waals surface area contributed by atoms with Gasteiger partial charge < -0.3 is 5.32 Å². The van der Waals surface area contributed by atoms with E-state index in [-0.39, 0.29) is 17.1 Å². The quantitative estimate of drug-likeness (QED) is 0.607. The van der Waals surface area contributed by atoms with Crippen molar-refractivity contribution >= 4 is 11.7 Å². The van der Waals surface area contributed by atoms with Crippen LogP contribution in [0.25, 0.3) is 0 Å². The topological polar surface area (TPSA) is 64.0 Å². The summed E-state index contributed by atoms with van der Waals surface area (Å²) in [6.07, 6.45) is 12.0. The number of carbonyl (C=O) groups excluding carboxylic acids is 1. The second-order valence-corrected chi connectivity index (χ2v) is 6.91. The van der Waals surface area contributed by atoms with Crippen molar-refractivity contribution < 1.29 is 4.79 Å². The Morgan fingerprint density at radius 1 is 1.12 bits per heavy atom. The number of nitrogens with zero attached hydrogens (tertiary/aromatic N) is 2. The van der Waals surface area contributed by atoms with Gasteiger partial charge in [-0.05, 0) is 25.8 Å². The second kappa shape index (κ2) is 10.3. The van der Waals surface area contributed by atoms with E-state index >= 15 is 0 Å². The average Bonchev–Trinajstić information content (AvgIpc) is 2.51. The van der Waals surface area contributed by atoms with E-state index in [2.05, 4.69) is 31.1 Å². The monoisotopic (exact) mass is 335 g/mol. The van der Waals surface area contributed by atoms with Crippen LogP contribution in [0.4, 0.5) is 5.82 Å². The lowest BCUT2D eigenvalue weighted by atomic mass is 9.88. The molecular formula is C19H33N3O2.